The van der Waals surface area contributed by atoms with Gasteiger partial charge in [-0.25, -0.2) is 18.4 Å². The van der Waals surface area contributed by atoms with Crippen molar-refractivity contribution in [3.8, 4) is 17.0 Å². The van der Waals surface area contributed by atoms with Crippen molar-refractivity contribution in [1.29, 1.82) is 0 Å². The number of halogens is 2. The third-order valence-corrected chi connectivity index (χ3v) is 5.95. The Morgan fingerprint density at radius 3 is 2.58 bits per heavy atom. The van der Waals surface area contributed by atoms with Crippen molar-refractivity contribution in [1.82, 2.24) is 14.7 Å². The highest BCUT2D eigenvalue weighted by atomic mass is 19.1. The second kappa shape index (κ2) is 11.1. The number of aromatic nitrogens is 2. The van der Waals surface area contributed by atoms with Crippen LogP contribution in [0.4, 0.5) is 29.7 Å². The van der Waals surface area contributed by atoms with Crippen molar-refractivity contribution in [2.24, 2.45) is 7.05 Å². The van der Waals surface area contributed by atoms with Crippen LogP contribution < -0.4 is 15.4 Å². The Morgan fingerprint density at radius 2 is 1.89 bits per heavy atom. The second-order valence-corrected chi connectivity index (χ2v) is 10.0. The minimum atomic E-state index is -0.883. The number of nitrogens with one attached hydrogen (secondary N) is 2. The van der Waals surface area contributed by atoms with Crippen LogP contribution in [0.15, 0.2) is 48.7 Å². The Hall–Kier alpha value is -4.15. The van der Waals surface area contributed by atoms with Crippen molar-refractivity contribution in [3.05, 3.63) is 60.3 Å². The molecule has 1 aliphatic heterocycles. The van der Waals surface area contributed by atoms with Crippen LogP contribution in [0.1, 0.15) is 33.6 Å². The minimum Gasteiger partial charge on any atom is -0.491 e. The number of likely N-dealkylation sites (tertiary alicyclic amines) is 1. The molecule has 3 aromatic rings. The lowest BCUT2D eigenvalue weighted by molar-refractivity contribution is 0.0187. The van der Waals surface area contributed by atoms with Crippen LogP contribution in [0, 0.1) is 11.6 Å². The molecule has 0 spiro atoms. The number of hydrogen-bond acceptors (Lipinski definition) is 5. The molecule has 0 radical (unpaired) electrons. The van der Waals surface area contributed by atoms with Gasteiger partial charge in [0, 0.05) is 37.1 Å². The lowest BCUT2D eigenvalue weighted by Crippen LogP contribution is -2.42. The molecule has 0 bridgehead atoms. The van der Waals surface area contributed by atoms with E-state index in [0.717, 1.165) is 30.7 Å². The van der Waals surface area contributed by atoms with E-state index in [-0.39, 0.29) is 24.4 Å². The molecule has 2 heterocycles. The molecular formula is C27H31F2N5O4. The van der Waals surface area contributed by atoms with Crippen LogP contribution in [0.2, 0.25) is 0 Å². The van der Waals surface area contributed by atoms with Gasteiger partial charge in [0.2, 0.25) is 0 Å². The predicted molar refractivity (Wildman–Crippen MR) is 139 cm³/mol. The molecule has 9 nitrogen and oxygen atoms in total. The summed E-state index contributed by atoms with van der Waals surface area (Å²) in [5.74, 6) is -1.08. The van der Waals surface area contributed by atoms with Gasteiger partial charge < -0.3 is 25.0 Å². The Balaban J connectivity index is 1.50. The first-order chi connectivity index (χ1) is 18.0. The molecule has 1 atom stereocenters. The average Bonchev–Trinajstić information content (AvgIpc) is 3.48. The predicted octanol–water partition coefficient (Wildman–Crippen LogP) is 5.79. The Labute approximate surface area is 219 Å². The molecule has 202 valence electrons. The molecule has 38 heavy (non-hydrogen) atoms. The molecule has 0 saturated carbocycles. The van der Waals surface area contributed by atoms with Crippen molar-refractivity contribution >= 4 is 23.5 Å². The van der Waals surface area contributed by atoms with Gasteiger partial charge in [0.25, 0.3) is 0 Å². The zero-order valence-corrected chi connectivity index (χ0v) is 21.8. The van der Waals surface area contributed by atoms with Gasteiger partial charge in [0.1, 0.15) is 29.6 Å². The van der Waals surface area contributed by atoms with Crippen molar-refractivity contribution in [2.75, 3.05) is 23.8 Å². The third-order valence-electron chi connectivity index (χ3n) is 5.95. The highest BCUT2D eigenvalue weighted by Crippen LogP contribution is 2.33. The number of carbonyl (C=O) groups is 2. The quantitative estimate of drug-likeness (QED) is 0.423. The number of anilines is 2. The molecular weight excluding hydrogens is 496 g/mol. The second-order valence-electron chi connectivity index (χ2n) is 10.0. The molecule has 1 saturated heterocycles. The molecule has 0 unspecified atom stereocenters. The van der Waals surface area contributed by atoms with E-state index >= 15 is 0 Å². The van der Waals surface area contributed by atoms with E-state index in [4.69, 9.17) is 9.47 Å². The maximum Gasteiger partial charge on any atom is 0.410 e. The molecule has 1 aliphatic rings. The van der Waals surface area contributed by atoms with Gasteiger partial charge in [-0.3, -0.25) is 4.68 Å². The number of aryl methyl sites for hydroxylation is 1. The number of nitrogens with zero attached hydrogens (tertiary/aromatic N) is 3. The first-order valence-corrected chi connectivity index (χ1v) is 12.3. The van der Waals surface area contributed by atoms with E-state index in [9.17, 15) is 18.4 Å². The zero-order valence-electron chi connectivity index (χ0n) is 21.8. The van der Waals surface area contributed by atoms with Gasteiger partial charge >= 0.3 is 12.1 Å². The van der Waals surface area contributed by atoms with E-state index in [0.29, 0.717) is 29.6 Å². The molecule has 3 amide bonds. The molecule has 2 N–H and O–H groups in total. The summed E-state index contributed by atoms with van der Waals surface area (Å²) < 4.78 is 40.5. The molecule has 2 aromatic carbocycles. The Kier molecular flexibility index (Phi) is 7.84. The fourth-order valence-electron chi connectivity index (χ4n) is 4.20. The highest BCUT2D eigenvalue weighted by molar-refractivity contribution is 6.00. The summed E-state index contributed by atoms with van der Waals surface area (Å²) in [6.45, 7) is 6.36. The standard InChI is InChI=1S/C27H31F2N5O4/c1-27(2,3)38-26(36)34-13-5-6-19(34)16-37-24-10-8-18(15-20(24)23-11-12-30-33(23)4)31-25(35)32-22-9-7-17(28)14-21(22)29/h7-12,14-15,19H,5-6,13,16H2,1-4H3,(H2,31,32,35)/t19-/m0/s1. The lowest BCUT2D eigenvalue weighted by Gasteiger charge is -2.28. The van der Waals surface area contributed by atoms with Crippen LogP contribution in [0.3, 0.4) is 0 Å². The number of urea groups is 1. The average molecular weight is 528 g/mol. The van der Waals surface area contributed by atoms with Crippen molar-refractivity contribution in [2.45, 2.75) is 45.3 Å². The van der Waals surface area contributed by atoms with Crippen LogP contribution in [-0.4, -0.2) is 51.6 Å². The Morgan fingerprint density at radius 1 is 1.11 bits per heavy atom. The van der Waals surface area contributed by atoms with Crippen molar-refractivity contribution < 1.29 is 27.8 Å². The van der Waals surface area contributed by atoms with Crippen LogP contribution in [0.25, 0.3) is 11.3 Å². The van der Waals surface area contributed by atoms with Gasteiger partial charge in [-0.15, -0.1) is 0 Å². The number of hydrogen-bond donors (Lipinski definition) is 2. The summed E-state index contributed by atoms with van der Waals surface area (Å²) in [6, 6.07) is 8.94. The maximum atomic E-state index is 13.9. The fraction of sp³-hybridized carbons (Fsp3) is 0.370. The summed E-state index contributed by atoms with van der Waals surface area (Å²) in [6.07, 6.45) is 2.93. The summed E-state index contributed by atoms with van der Waals surface area (Å²) in [5, 5.41) is 9.25. The number of carbonyl (C=O) groups excluding carboxylic acids is 2. The van der Waals surface area contributed by atoms with Gasteiger partial charge in [0.05, 0.1) is 17.4 Å². The fourth-order valence-corrected chi connectivity index (χ4v) is 4.20. The summed E-state index contributed by atoms with van der Waals surface area (Å²) in [5.41, 5.74) is 1.09. The van der Waals surface area contributed by atoms with E-state index in [1.54, 1.807) is 41.0 Å². The van der Waals surface area contributed by atoms with Gasteiger partial charge in [0.15, 0.2) is 0 Å². The smallest absolute Gasteiger partial charge is 0.410 e. The minimum absolute atomic E-state index is 0.140. The number of ether oxygens (including phenoxy) is 2. The first kappa shape index (κ1) is 26.9. The van der Waals surface area contributed by atoms with Gasteiger partial charge in [-0.05, 0) is 70.0 Å². The monoisotopic (exact) mass is 527 g/mol. The number of rotatable bonds is 6. The Bertz CT molecular complexity index is 1320. The van der Waals surface area contributed by atoms with Crippen LogP contribution >= 0.6 is 0 Å². The van der Waals surface area contributed by atoms with Gasteiger partial charge in [-0.1, -0.05) is 0 Å². The summed E-state index contributed by atoms with van der Waals surface area (Å²) in [7, 11) is 1.78. The summed E-state index contributed by atoms with van der Waals surface area (Å²) >= 11 is 0. The van der Waals surface area contributed by atoms with Crippen molar-refractivity contribution in [3.63, 3.8) is 0 Å². The van der Waals surface area contributed by atoms with Gasteiger partial charge in [-0.2, -0.15) is 5.10 Å². The van der Waals surface area contributed by atoms with Crippen LogP contribution in [-0.2, 0) is 11.8 Å². The normalized spacial score (nSPS) is 15.3. The maximum absolute atomic E-state index is 13.9. The number of amides is 3. The van der Waals surface area contributed by atoms with Crippen LogP contribution in [0.5, 0.6) is 5.75 Å². The lowest BCUT2D eigenvalue weighted by atomic mass is 10.1. The van der Waals surface area contributed by atoms with E-state index < -0.39 is 23.3 Å². The topological polar surface area (TPSA) is 97.7 Å². The molecule has 11 heteroatoms. The van der Waals surface area contributed by atoms with E-state index in [2.05, 4.69) is 15.7 Å². The molecule has 1 fully saturated rings. The number of benzene rings is 2. The molecule has 4 rings (SSSR count). The summed E-state index contributed by atoms with van der Waals surface area (Å²) in [4.78, 5) is 26.8. The van der Waals surface area contributed by atoms with E-state index in [1.807, 2.05) is 26.8 Å². The molecule has 0 aliphatic carbocycles. The largest absolute Gasteiger partial charge is 0.491 e. The van der Waals surface area contributed by atoms with E-state index in [1.165, 1.54) is 0 Å². The molecule has 1 aromatic heterocycles. The third kappa shape index (κ3) is 6.58. The first-order valence-electron chi connectivity index (χ1n) is 12.3. The highest BCUT2D eigenvalue weighted by Gasteiger charge is 2.32. The zero-order chi connectivity index (χ0) is 27.4. The SMILES string of the molecule is Cn1nccc1-c1cc(NC(=O)Nc2ccc(F)cc2F)ccc1OC[C@@H]1CCCN1C(=O)OC(C)(C)C.